The molecule has 4 heteroatoms. The monoisotopic (exact) mass is 215 g/mol. The van der Waals surface area contributed by atoms with E-state index in [0.29, 0.717) is 24.8 Å². The third kappa shape index (κ3) is 4.46. The fourth-order valence-corrected chi connectivity index (χ4v) is 1.22. The van der Waals surface area contributed by atoms with Crippen molar-refractivity contribution in [3.05, 3.63) is 29.3 Å². The molecule has 78 valence electrons. The molecule has 1 aromatic rings. The van der Waals surface area contributed by atoms with E-state index in [9.17, 15) is 0 Å². The Labute approximate surface area is 88.7 Å². The van der Waals surface area contributed by atoms with E-state index in [1.54, 1.807) is 0 Å². The third-order valence-electron chi connectivity index (χ3n) is 1.64. The van der Waals surface area contributed by atoms with Crippen molar-refractivity contribution in [2.45, 2.75) is 0 Å². The highest BCUT2D eigenvalue weighted by Gasteiger charge is 1.92. The average molecular weight is 216 g/mol. The molecular weight excluding hydrogens is 202 g/mol. The Kier molecular flexibility index (Phi) is 5.37. The van der Waals surface area contributed by atoms with Gasteiger partial charge in [-0.25, -0.2) is 0 Å². The van der Waals surface area contributed by atoms with Crippen LogP contribution in [0.5, 0.6) is 0 Å². The van der Waals surface area contributed by atoms with Crippen LogP contribution in [0.1, 0.15) is 0 Å². The molecule has 0 spiro atoms. The van der Waals surface area contributed by atoms with E-state index in [0.717, 1.165) is 5.69 Å². The van der Waals surface area contributed by atoms with Crippen LogP contribution in [-0.2, 0) is 4.74 Å². The highest BCUT2D eigenvalue weighted by Crippen LogP contribution is 2.14. The summed E-state index contributed by atoms with van der Waals surface area (Å²) >= 11 is 5.80. The average Bonchev–Trinajstić information content (AvgIpc) is 2.18. The van der Waals surface area contributed by atoms with Crippen LogP contribution in [0.25, 0.3) is 0 Å². The van der Waals surface area contributed by atoms with Crippen molar-refractivity contribution in [3.63, 3.8) is 0 Å². The lowest BCUT2D eigenvalue weighted by atomic mass is 10.3. The molecule has 1 aromatic carbocycles. The molecule has 0 bridgehead atoms. The van der Waals surface area contributed by atoms with Crippen LogP contribution in [0.2, 0.25) is 5.02 Å². The number of halogens is 1. The number of anilines is 1. The summed E-state index contributed by atoms with van der Waals surface area (Å²) in [4.78, 5) is 0. The van der Waals surface area contributed by atoms with Gasteiger partial charge >= 0.3 is 0 Å². The minimum absolute atomic E-state index is 0.0666. The minimum Gasteiger partial charge on any atom is -0.394 e. The first-order chi connectivity index (χ1) is 6.83. The molecule has 0 fully saturated rings. The van der Waals surface area contributed by atoms with Crippen LogP contribution >= 0.6 is 11.6 Å². The van der Waals surface area contributed by atoms with Crippen molar-refractivity contribution in [1.29, 1.82) is 0 Å². The molecule has 0 heterocycles. The van der Waals surface area contributed by atoms with Gasteiger partial charge in [-0.15, -0.1) is 0 Å². The predicted octanol–water partition coefficient (Wildman–Crippen LogP) is 1.76. The van der Waals surface area contributed by atoms with Gasteiger partial charge in [0.2, 0.25) is 0 Å². The van der Waals surface area contributed by atoms with Gasteiger partial charge in [0.05, 0.1) is 19.8 Å². The number of hydrogen-bond donors (Lipinski definition) is 2. The maximum atomic E-state index is 8.46. The van der Waals surface area contributed by atoms with E-state index in [2.05, 4.69) is 5.32 Å². The number of benzene rings is 1. The number of rotatable bonds is 6. The van der Waals surface area contributed by atoms with E-state index in [1.165, 1.54) is 0 Å². The predicted molar refractivity (Wildman–Crippen MR) is 57.8 cm³/mol. The van der Waals surface area contributed by atoms with Gasteiger partial charge in [-0.2, -0.15) is 0 Å². The molecule has 0 aliphatic heterocycles. The Morgan fingerprint density at radius 3 is 2.93 bits per heavy atom. The molecule has 3 nitrogen and oxygen atoms in total. The van der Waals surface area contributed by atoms with E-state index < -0.39 is 0 Å². The maximum Gasteiger partial charge on any atom is 0.0698 e. The van der Waals surface area contributed by atoms with E-state index in [4.69, 9.17) is 21.4 Å². The Morgan fingerprint density at radius 2 is 2.21 bits per heavy atom. The zero-order chi connectivity index (χ0) is 10.2. The van der Waals surface area contributed by atoms with Crippen molar-refractivity contribution >= 4 is 17.3 Å². The SMILES string of the molecule is OCCOCCNc1cccc(Cl)c1. The molecule has 0 aliphatic rings. The Balaban J connectivity index is 2.18. The molecule has 1 rings (SSSR count). The van der Waals surface area contributed by atoms with Crippen LogP contribution in [-0.4, -0.2) is 31.5 Å². The van der Waals surface area contributed by atoms with Gasteiger partial charge in [-0.3, -0.25) is 0 Å². The summed E-state index contributed by atoms with van der Waals surface area (Å²) in [5, 5.41) is 12.3. The molecule has 0 atom stereocenters. The smallest absolute Gasteiger partial charge is 0.0698 e. The van der Waals surface area contributed by atoms with Gasteiger partial charge in [0.1, 0.15) is 0 Å². The minimum atomic E-state index is 0.0666. The molecule has 14 heavy (non-hydrogen) atoms. The summed E-state index contributed by atoms with van der Waals surface area (Å²) in [5.74, 6) is 0. The van der Waals surface area contributed by atoms with Crippen molar-refractivity contribution in [2.24, 2.45) is 0 Å². The zero-order valence-corrected chi connectivity index (χ0v) is 8.63. The van der Waals surface area contributed by atoms with Gasteiger partial charge in [0.25, 0.3) is 0 Å². The fourth-order valence-electron chi connectivity index (χ4n) is 1.03. The standard InChI is InChI=1S/C10H14ClNO2/c11-9-2-1-3-10(8-9)12-4-6-14-7-5-13/h1-3,8,12-13H,4-7H2. The number of ether oxygens (including phenoxy) is 1. The topological polar surface area (TPSA) is 41.5 Å². The van der Waals surface area contributed by atoms with Gasteiger partial charge in [-0.1, -0.05) is 17.7 Å². The second-order valence-corrected chi connectivity index (χ2v) is 3.21. The number of aliphatic hydroxyl groups is 1. The Morgan fingerprint density at radius 1 is 1.36 bits per heavy atom. The molecule has 2 N–H and O–H groups in total. The molecule has 0 aromatic heterocycles. The lowest BCUT2D eigenvalue weighted by Gasteiger charge is -2.06. The quantitative estimate of drug-likeness (QED) is 0.711. The number of hydrogen-bond acceptors (Lipinski definition) is 3. The third-order valence-corrected chi connectivity index (χ3v) is 1.87. The van der Waals surface area contributed by atoms with E-state index in [1.807, 2.05) is 24.3 Å². The Bertz CT molecular complexity index is 268. The van der Waals surface area contributed by atoms with Crippen LogP contribution < -0.4 is 5.32 Å². The first-order valence-corrected chi connectivity index (χ1v) is 4.89. The van der Waals surface area contributed by atoms with Crippen LogP contribution in [0.15, 0.2) is 24.3 Å². The zero-order valence-electron chi connectivity index (χ0n) is 7.87. The van der Waals surface area contributed by atoms with Crippen LogP contribution in [0, 0.1) is 0 Å². The van der Waals surface area contributed by atoms with Crippen molar-refractivity contribution < 1.29 is 9.84 Å². The molecule has 0 saturated carbocycles. The highest BCUT2D eigenvalue weighted by molar-refractivity contribution is 6.30. The van der Waals surface area contributed by atoms with Gasteiger partial charge in [-0.05, 0) is 18.2 Å². The maximum absolute atomic E-state index is 8.46. The van der Waals surface area contributed by atoms with Crippen LogP contribution in [0.4, 0.5) is 5.69 Å². The summed E-state index contributed by atoms with van der Waals surface area (Å²) < 4.78 is 5.09. The largest absolute Gasteiger partial charge is 0.394 e. The fraction of sp³-hybridized carbons (Fsp3) is 0.400. The number of nitrogens with one attached hydrogen (secondary N) is 1. The Hall–Kier alpha value is -0.770. The summed E-state index contributed by atoms with van der Waals surface area (Å²) in [7, 11) is 0. The summed E-state index contributed by atoms with van der Waals surface area (Å²) in [6, 6.07) is 7.51. The van der Waals surface area contributed by atoms with Crippen LogP contribution in [0.3, 0.4) is 0 Å². The normalized spacial score (nSPS) is 10.1. The molecule has 0 saturated heterocycles. The van der Waals surface area contributed by atoms with Crippen molar-refractivity contribution in [3.8, 4) is 0 Å². The first-order valence-electron chi connectivity index (χ1n) is 4.51. The second kappa shape index (κ2) is 6.65. The molecular formula is C10H14ClNO2. The van der Waals surface area contributed by atoms with Crippen molar-refractivity contribution in [2.75, 3.05) is 31.7 Å². The molecule has 0 radical (unpaired) electrons. The lowest BCUT2D eigenvalue weighted by molar-refractivity contribution is 0.0992. The second-order valence-electron chi connectivity index (χ2n) is 2.77. The molecule has 0 amide bonds. The van der Waals surface area contributed by atoms with Gasteiger partial charge in [0, 0.05) is 17.3 Å². The van der Waals surface area contributed by atoms with E-state index in [-0.39, 0.29) is 6.61 Å². The van der Waals surface area contributed by atoms with Gasteiger partial charge < -0.3 is 15.2 Å². The summed E-state index contributed by atoms with van der Waals surface area (Å²) in [6.45, 7) is 1.74. The van der Waals surface area contributed by atoms with E-state index >= 15 is 0 Å². The highest BCUT2D eigenvalue weighted by atomic mass is 35.5. The van der Waals surface area contributed by atoms with Crippen molar-refractivity contribution in [1.82, 2.24) is 0 Å². The van der Waals surface area contributed by atoms with Gasteiger partial charge in [0.15, 0.2) is 0 Å². The molecule has 0 unspecified atom stereocenters. The summed E-state index contributed by atoms with van der Waals surface area (Å²) in [5.41, 5.74) is 0.977. The lowest BCUT2D eigenvalue weighted by Crippen LogP contribution is -2.11. The first kappa shape index (κ1) is 11.3. The summed E-state index contributed by atoms with van der Waals surface area (Å²) in [6.07, 6.45) is 0. The number of aliphatic hydroxyl groups excluding tert-OH is 1. The molecule has 0 aliphatic carbocycles.